The Kier molecular flexibility index (Phi) is 4.66. The van der Waals surface area contributed by atoms with Gasteiger partial charge in [0.25, 0.3) is 5.69 Å². The molecule has 0 aliphatic heterocycles. The summed E-state index contributed by atoms with van der Waals surface area (Å²) in [4.78, 5) is 15.0. The standard InChI is InChI=1S/C17H12Cl2N6O2S/c1-9-20-14-6-12(18)13(19)7-15(14)23(9)8-16-21-22-17(28)24(16)10-2-4-11(5-3-10)25(26)27/h2-7H,8H2,1H3,(H,22,28). The van der Waals surface area contributed by atoms with Crippen LogP contribution in [0.5, 0.6) is 0 Å². The number of nitrogens with one attached hydrogen (secondary N) is 1. The molecule has 28 heavy (non-hydrogen) atoms. The summed E-state index contributed by atoms with van der Waals surface area (Å²) in [6.07, 6.45) is 0. The number of aryl methyl sites for hydroxylation is 1. The number of nitrogens with zero attached hydrogens (tertiary/aromatic N) is 5. The minimum atomic E-state index is -0.449. The molecule has 0 fully saturated rings. The second-order valence-electron chi connectivity index (χ2n) is 6.05. The molecule has 11 heteroatoms. The largest absolute Gasteiger partial charge is 0.320 e. The molecule has 2 aromatic carbocycles. The lowest BCUT2D eigenvalue weighted by Crippen LogP contribution is -2.09. The van der Waals surface area contributed by atoms with Crippen molar-refractivity contribution in [2.75, 3.05) is 0 Å². The molecule has 4 rings (SSSR count). The number of nitro benzene ring substituents is 1. The Balaban J connectivity index is 1.79. The molecule has 0 spiro atoms. The molecule has 0 aliphatic rings. The smallest absolute Gasteiger partial charge is 0.269 e. The summed E-state index contributed by atoms with van der Waals surface area (Å²) in [5.41, 5.74) is 2.21. The van der Waals surface area contributed by atoms with Crippen molar-refractivity contribution >= 4 is 52.1 Å². The highest BCUT2D eigenvalue weighted by Crippen LogP contribution is 2.29. The van der Waals surface area contributed by atoms with Gasteiger partial charge in [0.05, 0.1) is 38.2 Å². The summed E-state index contributed by atoms with van der Waals surface area (Å²) in [6.45, 7) is 2.24. The second-order valence-corrected chi connectivity index (χ2v) is 7.26. The molecule has 8 nitrogen and oxygen atoms in total. The first-order valence-electron chi connectivity index (χ1n) is 8.08. The molecule has 2 heterocycles. The highest BCUT2D eigenvalue weighted by Gasteiger charge is 2.15. The Bertz CT molecular complexity index is 1280. The van der Waals surface area contributed by atoms with Crippen LogP contribution in [0.1, 0.15) is 11.6 Å². The molecule has 0 unspecified atom stereocenters. The van der Waals surface area contributed by atoms with Crippen LogP contribution in [0.3, 0.4) is 0 Å². The quantitative estimate of drug-likeness (QED) is 0.281. The van der Waals surface area contributed by atoms with Crippen molar-refractivity contribution in [3.63, 3.8) is 0 Å². The molecule has 142 valence electrons. The van der Waals surface area contributed by atoms with Crippen molar-refractivity contribution in [3.8, 4) is 5.69 Å². The van der Waals surface area contributed by atoms with Gasteiger partial charge in [-0.15, -0.1) is 0 Å². The fourth-order valence-electron chi connectivity index (χ4n) is 3.01. The van der Waals surface area contributed by atoms with Crippen molar-refractivity contribution in [2.45, 2.75) is 13.5 Å². The number of halogens is 2. The third kappa shape index (κ3) is 3.17. The lowest BCUT2D eigenvalue weighted by atomic mass is 10.3. The molecule has 0 saturated carbocycles. The fraction of sp³-hybridized carbons (Fsp3) is 0.118. The monoisotopic (exact) mass is 434 g/mol. The molecule has 0 aliphatic carbocycles. The Morgan fingerprint density at radius 2 is 1.89 bits per heavy atom. The van der Waals surface area contributed by atoms with Gasteiger partial charge in [-0.05, 0) is 43.4 Å². The summed E-state index contributed by atoms with van der Waals surface area (Å²) in [5, 5.41) is 18.9. The minimum Gasteiger partial charge on any atom is -0.320 e. The van der Waals surface area contributed by atoms with Gasteiger partial charge in [0, 0.05) is 12.1 Å². The van der Waals surface area contributed by atoms with Crippen molar-refractivity contribution in [3.05, 3.63) is 73.0 Å². The number of aromatic nitrogens is 5. The van der Waals surface area contributed by atoms with Crippen molar-refractivity contribution < 1.29 is 4.92 Å². The molecule has 0 atom stereocenters. The summed E-state index contributed by atoms with van der Waals surface area (Å²) in [6, 6.07) is 9.58. The molecule has 0 amide bonds. The zero-order valence-electron chi connectivity index (χ0n) is 14.4. The van der Waals surface area contributed by atoms with Gasteiger partial charge in [-0.25, -0.2) is 4.98 Å². The minimum absolute atomic E-state index is 0.00304. The zero-order valence-corrected chi connectivity index (χ0v) is 16.7. The molecule has 1 N–H and O–H groups in total. The lowest BCUT2D eigenvalue weighted by Gasteiger charge is -2.10. The fourth-order valence-corrected chi connectivity index (χ4v) is 3.58. The maximum absolute atomic E-state index is 10.9. The van der Waals surface area contributed by atoms with Crippen LogP contribution in [0, 0.1) is 21.8 Å². The van der Waals surface area contributed by atoms with Gasteiger partial charge >= 0.3 is 0 Å². The number of aromatic amines is 1. The van der Waals surface area contributed by atoms with Gasteiger partial charge in [-0.2, -0.15) is 5.10 Å². The number of H-pyrrole nitrogens is 1. The van der Waals surface area contributed by atoms with Crippen LogP contribution in [0.15, 0.2) is 36.4 Å². The number of imidazole rings is 1. The van der Waals surface area contributed by atoms with Crippen LogP contribution in [0.25, 0.3) is 16.7 Å². The van der Waals surface area contributed by atoms with Gasteiger partial charge in [0.2, 0.25) is 0 Å². The number of nitro groups is 1. The van der Waals surface area contributed by atoms with Crippen molar-refractivity contribution in [1.29, 1.82) is 0 Å². The van der Waals surface area contributed by atoms with E-state index in [0.29, 0.717) is 32.9 Å². The Hall–Kier alpha value is -2.75. The predicted octanol–water partition coefficient (Wildman–Crippen LogP) is 4.85. The third-order valence-electron chi connectivity index (χ3n) is 4.34. The van der Waals surface area contributed by atoms with Gasteiger partial charge in [0.1, 0.15) is 5.82 Å². The third-order valence-corrected chi connectivity index (χ3v) is 5.34. The van der Waals surface area contributed by atoms with Gasteiger partial charge < -0.3 is 4.57 Å². The molecule has 0 radical (unpaired) electrons. The first-order chi connectivity index (χ1) is 13.3. The molecule has 4 aromatic rings. The van der Waals surface area contributed by atoms with Crippen molar-refractivity contribution in [2.24, 2.45) is 0 Å². The summed E-state index contributed by atoms with van der Waals surface area (Å²) < 4.78 is 4.05. The normalized spacial score (nSPS) is 11.2. The molecule has 0 saturated heterocycles. The number of non-ortho nitro benzene ring substituents is 1. The maximum Gasteiger partial charge on any atom is 0.269 e. The van der Waals surface area contributed by atoms with E-state index in [4.69, 9.17) is 35.4 Å². The van der Waals surface area contributed by atoms with Crippen LogP contribution in [0.4, 0.5) is 5.69 Å². The topological polar surface area (TPSA) is 94.6 Å². The predicted molar refractivity (Wildman–Crippen MR) is 109 cm³/mol. The molecular formula is C17H12Cl2N6O2S. The summed E-state index contributed by atoms with van der Waals surface area (Å²) in [7, 11) is 0. The van der Waals surface area contributed by atoms with Crippen LogP contribution in [0.2, 0.25) is 10.0 Å². The van der Waals surface area contributed by atoms with E-state index in [0.717, 1.165) is 16.9 Å². The molecular weight excluding hydrogens is 423 g/mol. The Labute approximate surface area is 173 Å². The van der Waals surface area contributed by atoms with E-state index >= 15 is 0 Å². The SMILES string of the molecule is Cc1nc2cc(Cl)c(Cl)cc2n1Cc1n[nH]c(=S)n1-c1ccc([N+](=O)[O-])cc1. The number of fused-ring (bicyclic) bond motifs is 1. The Morgan fingerprint density at radius 1 is 1.21 bits per heavy atom. The van der Waals surface area contributed by atoms with E-state index in [9.17, 15) is 10.1 Å². The summed E-state index contributed by atoms with van der Waals surface area (Å²) >= 11 is 17.6. The lowest BCUT2D eigenvalue weighted by molar-refractivity contribution is -0.384. The second kappa shape index (κ2) is 7.01. The number of benzene rings is 2. The van der Waals surface area contributed by atoms with E-state index in [1.54, 1.807) is 28.8 Å². The van der Waals surface area contributed by atoms with Gasteiger partial charge in [-0.1, -0.05) is 23.2 Å². The highest BCUT2D eigenvalue weighted by molar-refractivity contribution is 7.71. The van der Waals surface area contributed by atoms with E-state index in [1.807, 2.05) is 11.5 Å². The number of hydrogen-bond acceptors (Lipinski definition) is 5. The highest BCUT2D eigenvalue weighted by atomic mass is 35.5. The zero-order chi connectivity index (χ0) is 20.0. The average Bonchev–Trinajstić information content (AvgIpc) is 3.16. The first-order valence-corrected chi connectivity index (χ1v) is 9.24. The molecule has 2 aromatic heterocycles. The number of rotatable bonds is 4. The molecule has 0 bridgehead atoms. The van der Waals surface area contributed by atoms with Crippen molar-refractivity contribution in [1.82, 2.24) is 24.3 Å². The van der Waals surface area contributed by atoms with Gasteiger partial charge in [-0.3, -0.25) is 19.8 Å². The van der Waals surface area contributed by atoms with Gasteiger partial charge in [0.15, 0.2) is 10.6 Å². The van der Waals surface area contributed by atoms with E-state index in [1.165, 1.54) is 12.1 Å². The summed E-state index contributed by atoms with van der Waals surface area (Å²) in [5.74, 6) is 1.38. The van der Waals surface area contributed by atoms with E-state index in [-0.39, 0.29) is 5.69 Å². The maximum atomic E-state index is 10.9. The van der Waals surface area contributed by atoms with Crippen LogP contribution >= 0.6 is 35.4 Å². The van der Waals surface area contributed by atoms with Crippen LogP contribution in [-0.4, -0.2) is 29.2 Å². The van der Waals surface area contributed by atoms with Crippen LogP contribution < -0.4 is 0 Å². The first kappa shape index (κ1) is 18.6. The average molecular weight is 435 g/mol. The van der Waals surface area contributed by atoms with E-state index < -0.39 is 4.92 Å². The Morgan fingerprint density at radius 3 is 2.57 bits per heavy atom. The van der Waals surface area contributed by atoms with E-state index in [2.05, 4.69) is 15.2 Å². The van der Waals surface area contributed by atoms with Crippen LogP contribution in [-0.2, 0) is 6.54 Å². The number of hydrogen-bond donors (Lipinski definition) is 1.